The van der Waals surface area contributed by atoms with Gasteiger partial charge in [-0.15, -0.1) is 0 Å². The van der Waals surface area contributed by atoms with E-state index in [-0.39, 0.29) is 12.0 Å². The highest BCUT2D eigenvalue weighted by Gasteiger charge is 2.42. The van der Waals surface area contributed by atoms with Crippen molar-refractivity contribution in [2.75, 3.05) is 39.3 Å². The number of allylic oxidation sites excluding steroid dienone is 4. The van der Waals surface area contributed by atoms with E-state index < -0.39 is 6.10 Å². The minimum Gasteiger partial charge on any atom is -0.392 e. The second-order valence-electron chi connectivity index (χ2n) is 9.25. The molecule has 2 aliphatic rings. The quantitative estimate of drug-likeness (QED) is 0.157. The molecule has 2 N–H and O–H groups in total. The highest BCUT2D eigenvalue weighted by molar-refractivity contribution is 6.66. The van der Waals surface area contributed by atoms with Gasteiger partial charge >= 0.3 is 0 Å². The molecule has 0 aliphatic carbocycles. The molecule has 0 amide bonds. The summed E-state index contributed by atoms with van der Waals surface area (Å²) in [6.45, 7) is 18.3. The number of rotatable bonds is 12. The van der Waals surface area contributed by atoms with E-state index >= 15 is 0 Å². The first kappa shape index (κ1) is 29.9. The molecule has 2 saturated heterocycles. The van der Waals surface area contributed by atoms with Crippen molar-refractivity contribution in [3.05, 3.63) is 37.0 Å². The molecule has 0 bridgehead atoms. The number of halogens is 1. The molecular weight excluding hydrogens is 434 g/mol. The number of nitrogens with one attached hydrogen (secondary N) is 1. The third kappa shape index (κ3) is 10.3. The van der Waals surface area contributed by atoms with Crippen LogP contribution in [0.5, 0.6) is 0 Å². The van der Waals surface area contributed by atoms with E-state index in [4.69, 9.17) is 16.4 Å². The molecule has 2 heterocycles. The highest BCUT2D eigenvalue weighted by atomic mass is 35.5. The summed E-state index contributed by atoms with van der Waals surface area (Å²) in [5.74, 6) is 0.466. The van der Waals surface area contributed by atoms with Gasteiger partial charge in [0.25, 0.3) is 0 Å². The fourth-order valence-corrected chi connectivity index (χ4v) is 4.96. The van der Waals surface area contributed by atoms with Crippen LogP contribution in [0.1, 0.15) is 72.1 Å². The zero-order valence-corrected chi connectivity index (χ0v) is 22.1. The lowest BCUT2D eigenvalue weighted by molar-refractivity contribution is 0.0151. The lowest BCUT2D eigenvalue weighted by Gasteiger charge is -2.41. The number of aliphatic hydroxyl groups excluding tert-OH is 1. The summed E-state index contributed by atoms with van der Waals surface area (Å²) in [5.41, 5.74) is 1.17. The maximum Gasteiger partial charge on any atom is 0.155 e. The second kappa shape index (κ2) is 17.3. The molecule has 0 radical (unpaired) electrons. The molecule has 2 atom stereocenters. The van der Waals surface area contributed by atoms with Gasteiger partial charge in [0.1, 0.15) is 12.7 Å². The molecule has 2 rings (SSSR count). The van der Waals surface area contributed by atoms with E-state index in [2.05, 4.69) is 55.4 Å². The lowest BCUT2D eigenvalue weighted by atomic mass is 9.68. The van der Waals surface area contributed by atoms with Crippen LogP contribution in [0.3, 0.4) is 0 Å². The van der Waals surface area contributed by atoms with E-state index in [1.54, 1.807) is 12.2 Å². The molecule has 2 unspecified atom stereocenters. The molecule has 2 fully saturated rings. The number of oxime groups is 1. The SMILES string of the molecule is C=CC=C.CCC/C=C(\C(C)CC)C1(/C(Cl)=N/OCC(O)CN2CCCCC2)CCNCC1. The number of hydrogen-bond acceptors (Lipinski definition) is 5. The average molecular weight is 482 g/mol. The number of hydrogen-bond donors (Lipinski definition) is 2. The van der Waals surface area contributed by atoms with Gasteiger partial charge in [-0.25, -0.2) is 0 Å². The molecule has 0 aromatic rings. The molecule has 0 aromatic carbocycles. The Kier molecular flexibility index (Phi) is 15.7. The van der Waals surface area contributed by atoms with Crippen molar-refractivity contribution in [1.29, 1.82) is 0 Å². The Morgan fingerprint density at radius 2 is 1.82 bits per heavy atom. The van der Waals surface area contributed by atoms with Crippen LogP contribution in [0.25, 0.3) is 0 Å². The number of β-amino-alcohol motifs (C(OH)–C–C–N with tert-alkyl or cyclic N) is 1. The van der Waals surface area contributed by atoms with Crippen molar-refractivity contribution in [3.63, 3.8) is 0 Å². The summed E-state index contributed by atoms with van der Waals surface area (Å²) >= 11 is 6.83. The first-order valence-corrected chi connectivity index (χ1v) is 13.2. The maximum absolute atomic E-state index is 10.3. The molecule has 190 valence electrons. The molecular formula is C27H48ClN3O2. The number of likely N-dealkylation sites (tertiary alicyclic amines) is 1. The zero-order valence-electron chi connectivity index (χ0n) is 21.3. The van der Waals surface area contributed by atoms with Gasteiger partial charge in [0, 0.05) is 6.54 Å². The van der Waals surface area contributed by atoms with Crippen LogP contribution in [0, 0.1) is 11.3 Å². The molecule has 0 spiro atoms. The van der Waals surface area contributed by atoms with E-state index in [1.807, 2.05) is 0 Å². The third-order valence-corrected chi connectivity index (χ3v) is 7.13. The molecule has 33 heavy (non-hydrogen) atoms. The van der Waals surface area contributed by atoms with Crippen molar-refractivity contribution in [3.8, 4) is 0 Å². The van der Waals surface area contributed by atoms with Crippen LogP contribution in [0.2, 0.25) is 0 Å². The van der Waals surface area contributed by atoms with E-state index in [9.17, 15) is 5.11 Å². The van der Waals surface area contributed by atoms with Gasteiger partial charge in [0.05, 0.1) is 5.41 Å². The minimum absolute atomic E-state index is 0.193. The first-order valence-electron chi connectivity index (χ1n) is 12.9. The van der Waals surface area contributed by atoms with Gasteiger partial charge in [-0.05, 0) is 70.6 Å². The Labute approximate surface area is 208 Å². The van der Waals surface area contributed by atoms with Gasteiger partial charge < -0.3 is 20.2 Å². The molecule has 6 heteroatoms. The topological polar surface area (TPSA) is 57.1 Å². The van der Waals surface area contributed by atoms with Gasteiger partial charge in [-0.3, -0.25) is 0 Å². The molecule has 0 aromatic heterocycles. The Hall–Kier alpha value is -1.14. The maximum atomic E-state index is 10.3. The van der Waals surface area contributed by atoms with E-state index in [0.29, 0.717) is 17.6 Å². The smallest absolute Gasteiger partial charge is 0.155 e. The second-order valence-corrected chi connectivity index (χ2v) is 9.61. The van der Waals surface area contributed by atoms with Gasteiger partial charge in [-0.1, -0.05) is 87.3 Å². The van der Waals surface area contributed by atoms with Crippen LogP contribution in [-0.2, 0) is 4.84 Å². The normalized spacial score (nSPS) is 21.4. The van der Waals surface area contributed by atoms with Crippen molar-refractivity contribution in [1.82, 2.24) is 10.2 Å². The summed E-state index contributed by atoms with van der Waals surface area (Å²) in [7, 11) is 0. The average Bonchev–Trinajstić information content (AvgIpc) is 2.85. The fraction of sp³-hybridized carbons (Fsp3) is 0.741. The standard InChI is InChI=1S/C23H42ClN3O2.C4H6/c1-4-6-10-21(19(3)5-2)23(11-13-25-14-12-23)22(24)26-29-18-20(28)17-27-15-8-7-9-16-27;1-3-4-2/h10,19-20,25,28H,4-9,11-18H2,1-3H3;3-4H,1-2H2/b21-10+,26-22-;. The summed E-state index contributed by atoms with van der Waals surface area (Å²) in [6, 6.07) is 0. The fourth-order valence-electron chi connectivity index (χ4n) is 4.62. The Bertz CT molecular complexity index is 602. The third-order valence-electron chi connectivity index (χ3n) is 6.70. The van der Waals surface area contributed by atoms with Crippen LogP contribution in [0.4, 0.5) is 0 Å². The van der Waals surface area contributed by atoms with Gasteiger partial charge in [0.2, 0.25) is 0 Å². The summed E-state index contributed by atoms with van der Waals surface area (Å²) in [5, 5.41) is 18.7. The predicted octanol–water partition coefficient (Wildman–Crippen LogP) is 5.90. The Balaban J connectivity index is 0.00000125. The number of nitrogens with zero attached hydrogens (tertiary/aromatic N) is 2. The van der Waals surface area contributed by atoms with Crippen LogP contribution < -0.4 is 5.32 Å². The van der Waals surface area contributed by atoms with Crippen LogP contribution in [-0.4, -0.2) is 60.6 Å². The van der Waals surface area contributed by atoms with Gasteiger partial charge in [-0.2, -0.15) is 0 Å². The Morgan fingerprint density at radius 3 is 2.36 bits per heavy atom. The predicted molar refractivity (Wildman–Crippen MR) is 143 cm³/mol. The molecule has 5 nitrogen and oxygen atoms in total. The lowest BCUT2D eigenvalue weighted by Crippen LogP contribution is -2.43. The van der Waals surface area contributed by atoms with Crippen molar-refractivity contribution >= 4 is 16.8 Å². The molecule has 0 saturated carbocycles. The monoisotopic (exact) mass is 481 g/mol. The summed E-state index contributed by atoms with van der Waals surface area (Å²) in [4.78, 5) is 7.89. The summed E-state index contributed by atoms with van der Waals surface area (Å²) < 4.78 is 0. The zero-order chi connectivity index (χ0) is 24.5. The number of aliphatic hydroxyl groups is 1. The Morgan fingerprint density at radius 1 is 1.18 bits per heavy atom. The highest BCUT2D eigenvalue weighted by Crippen LogP contribution is 2.44. The van der Waals surface area contributed by atoms with Crippen molar-refractivity contribution < 1.29 is 9.94 Å². The number of unbranched alkanes of at least 4 members (excludes halogenated alkanes) is 1. The van der Waals surface area contributed by atoms with Crippen molar-refractivity contribution in [2.24, 2.45) is 16.5 Å². The van der Waals surface area contributed by atoms with Crippen LogP contribution >= 0.6 is 11.6 Å². The van der Waals surface area contributed by atoms with Crippen molar-refractivity contribution in [2.45, 2.75) is 78.2 Å². The van der Waals surface area contributed by atoms with Crippen LogP contribution in [0.15, 0.2) is 42.1 Å². The first-order chi connectivity index (χ1) is 15.9. The van der Waals surface area contributed by atoms with E-state index in [1.165, 1.54) is 24.8 Å². The summed E-state index contributed by atoms with van der Waals surface area (Å²) in [6.07, 6.45) is 14.0. The van der Waals surface area contributed by atoms with E-state index in [0.717, 1.165) is 58.3 Å². The van der Waals surface area contributed by atoms with Gasteiger partial charge in [0.15, 0.2) is 5.17 Å². The number of piperidine rings is 2. The minimum atomic E-state index is -0.532. The molecule has 2 aliphatic heterocycles. The largest absolute Gasteiger partial charge is 0.392 e.